The molecular weight excluding hydrogens is 223 g/mol. The molecule has 0 aliphatic heterocycles. The molecule has 0 fully saturated rings. The summed E-state index contributed by atoms with van der Waals surface area (Å²) in [6, 6.07) is 4.20. The highest BCUT2D eigenvalue weighted by atomic mass is 35.5. The van der Waals surface area contributed by atoms with Crippen LogP contribution in [0.4, 0.5) is 4.39 Å². The van der Waals surface area contributed by atoms with E-state index in [4.69, 9.17) is 11.6 Å². The van der Waals surface area contributed by atoms with Gasteiger partial charge in [0.25, 0.3) is 0 Å². The van der Waals surface area contributed by atoms with Crippen molar-refractivity contribution in [2.75, 3.05) is 7.11 Å². The molecule has 0 aromatic heterocycles. The zero-order chi connectivity index (χ0) is 11.4. The van der Waals surface area contributed by atoms with E-state index in [0.717, 1.165) is 0 Å². The van der Waals surface area contributed by atoms with Gasteiger partial charge < -0.3 is 9.84 Å². The van der Waals surface area contributed by atoms with E-state index >= 15 is 0 Å². The van der Waals surface area contributed by atoms with Crippen molar-refractivity contribution in [1.29, 1.82) is 0 Å². The quantitative estimate of drug-likeness (QED) is 0.805. The molecule has 1 N–H and O–H groups in total. The van der Waals surface area contributed by atoms with Crippen molar-refractivity contribution in [2.45, 2.75) is 12.5 Å². The lowest BCUT2D eigenvalue weighted by atomic mass is 10.1. The van der Waals surface area contributed by atoms with Crippen LogP contribution >= 0.6 is 11.6 Å². The summed E-state index contributed by atoms with van der Waals surface area (Å²) >= 11 is 5.65. The molecule has 1 aromatic carbocycles. The number of esters is 1. The fourth-order valence-corrected chi connectivity index (χ4v) is 1.34. The standard InChI is InChI=1S/C10H10ClFO3/c1-15-10(14)8(13)5-6-3-2-4-7(12)9(6)11/h2-4,8,13H,5H2,1H3. The van der Waals surface area contributed by atoms with E-state index in [0.29, 0.717) is 5.56 Å². The molecule has 0 bridgehead atoms. The molecule has 0 aliphatic carbocycles. The van der Waals surface area contributed by atoms with Gasteiger partial charge in [-0.25, -0.2) is 9.18 Å². The van der Waals surface area contributed by atoms with Crippen LogP contribution in [0.25, 0.3) is 0 Å². The van der Waals surface area contributed by atoms with Gasteiger partial charge in [0.2, 0.25) is 0 Å². The number of aliphatic hydroxyl groups excluding tert-OH is 1. The summed E-state index contributed by atoms with van der Waals surface area (Å²) in [5.41, 5.74) is 0.370. The van der Waals surface area contributed by atoms with Gasteiger partial charge in [0, 0.05) is 6.42 Å². The largest absolute Gasteiger partial charge is 0.467 e. The Labute approximate surface area is 91.4 Å². The number of ether oxygens (including phenoxy) is 1. The predicted molar refractivity (Wildman–Crippen MR) is 53.1 cm³/mol. The van der Waals surface area contributed by atoms with Crippen LogP contribution in [0.2, 0.25) is 5.02 Å². The Morgan fingerprint density at radius 3 is 2.93 bits per heavy atom. The number of hydrogen-bond acceptors (Lipinski definition) is 3. The number of benzene rings is 1. The van der Waals surface area contributed by atoms with E-state index < -0.39 is 17.9 Å². The van der Waals surface area contributed by atoms with E-state index in [1.54, 1.807) is 0 Å². The maximum Gasteiger partial charge on any atom is 0.335 e. The number of carbonyl (C=O) groups is 1. The number of rotatable bonds is 3. The third kappa shape index (κ3) is 2.91. The summed E-state index contributed by atoms with van der Waals surface area (Å²) < 4.78 is 17.3. The van der Waals surface area contributed by atoms with E-state index in [1.165, 1.54) is 25.3 Å². The van der Waals surface area contributed by atoms with Crippen LogP contribution in [0, 0.1) is 5.82 Å². The molecule has 0 spiro atoms. The van der Waals surface area contributed by atoms with Gasteiger partial charge in [0.1, 0.15) is 5.82 Å². The van der Waals surface area contributed by atoms with Gasteiger partial charge in [0.15, 0.2) is 6.10 Å². The Hall–Kier alpha value is -1.13. The lowest BCUT2D eigenvalue weighted by Crippen LogP contribution is -2.24. The maximum absolute atomic E-state index is 13.0. The monoisotopic (exact) mass is 232 g/mol. The zero-order valence-corrected chi connectivity index (χ0v) is 8.79. The minimum atomic E-state index is -1.32. The highest BCUT2D eigenvalue weighted by molar-refractivity contribution is 6.31. The summed E-state index contributed by atoms with van der Waals surface area (Å²) in [5, 5.41) is 9.25. The molecule has 0 radical (unpaired) electrons. The van der Waals surface area contributed by atoms with Crippen molar-refractivity contribution in [3.05, 3.63) is 34.6 Å². The smallest absolute Gasteiger partial charge is 0.335 e. The van der Waals surface area contributed by atoms with Crippen molar-refractivity contribution < 1.29 is 19.0 Å². The topological polar surface area (TPSA) is 46.5 Å². The Kier molecular flexibility index (Phi) is 4.05. The minimum Gasteiger partial charge on any atom is -0.467 e. The molecule has 5 heteroatoms. The average Bonchev–Trinajstić information content (AvgIpc) is 2.23. The van der Waals surface area contributed by atoms with Gasteiger partial charge in [-0.3, -0.25) is 0 Å². The highest BCUT2D eigenvalue weighted by Gasteiger charge is 2.18. The van der Waals surface area contributed by atoms with Gasteiger partial charge in [-0.2, -0.15) is 0 Å². The molecule has 0 saturated carbocycles. The number of methoxy groups -OCH3 is 1. The van der Waals surface area contributed by atoms with Gasteiger partial charge in [0.05, 0.1) is 12.1 Å². The summed E-state index contributed by atoms with van der Waals surface area (Å²) in [4.78, 5) is 10.9. The molecule has 82 valence electrons. The van der Waals surface area contributed by atoms with Crippen LogP contribution in [0.3, 0.4) is 0 Å². The first-order valence-electron chi connectivity index (χ1n) is 4.25. The third-order valence-corrected chi connectivity index (χ3v) is 2.34. The molecule has 1 rings (SSSR count). The Morgan fingerprint density at radius 1 is 1.67 bits per heavy atom. The first kappa shape index (κ1) is 11.9. The van der Waals surface area contributed by atoms with Crippen LogP contribution in [-0.2, 0) is 16.0 Å². The Balaban J connectivity index is 2.81. The van der Waals surface area contributed by atoms with Crippen LogP contribution in [0.5, 0.6) is 0 Å². The minimum absolute atomic E-state index is 0.0662. The molecule has 3 nitrogen and oxygen atoms in total. The van der Waals surface area contributed by atoms with Crippen LogP contribution < -0.4 is 0 Å². The number of hydrogen-bond donors (Lipinski definition) is 1. The van der Waals surface area contributed by atoms with Crippen molar-refractivity contribution in [3.8, 4) is 0 Å². The second-order valence-corrected chi connectivity index (χ2v) is 3.33. The van der Waals surface area contributed by atoms with Crippen molar-refractivity contribution in [3.63, 3.8) is 0 Å². The molecule has 15 heavy (non-hydrogen) atoms. The second kappa shape index (κ2) is 5.09. The van der Waals surface area contributed by atoms with Crippen LogP contribution in [0.15, 0.2) is 18.2 Å². The fraction of sp³-hybridized carbons (Fsp3) is 0.300. The van der Waals surface area contributed by atoms with Crippen molar-refractivity contribution in [2.24, 2.45) is 0 Å². The van der Waals surface area contributed by atoms with E-state index in [-0.39, 0.29) is 11.4 Å². The first-order chi connectivity index (χ1) is 7.06. The number of halogens is 2. The summed E-state index contributed by atoms with van der Waals surface area (Å²) in [6.45, 7) is 0. The van der Waals surface area contributed by atoms with E-state index in [1.807, 2.05) is 0 Å². The van der Waals surface area contributed by atoms with Crippen LogP contribution in [0.1, 0.15) is 5.56 Å². The highest BCUT2D eigenvalue weighted by Crippen LogP contribution is 2.21. The average molecular weight is 233 g/mol. The molecule has 0 aliphatic rings. The molecule has 1 unspecified atom stereocenters. The maximum atomic E-state index is 13.0. The predicted octanol–water partition coefficient (Wildman–Crippen LogP) is 1.56. The number of carbonyl (C=O) groups excluding carboxylic acids is 1. The Morgan fingerprint density at radius 2 is 2.33 bits per heavy atom. The van der Waals surface area contributed by atoms with E-state index in [2.05, 4.69) is 4.74 Å². The SMILES string of the molecule is COC(=O)C(O)Cc1cccc(F)c1Cl. The van der Waals surface area contributed by atoms with Gasteiger partial charge in [-0.15, -0.1) is 0 Å². The second-order valence-electron chi connectivity index (χ2n) is 2.96. The fourth-order valence-electron chi connectivity index (χ4n) is 1.13. The van der Waals surface area contributed by atoms with Crippen molar-refractivity contribution in [1.82, 2.24) is 0 Å². The molecule has 0 saturated heterocycles. The Bertz CT molecular complexity index is 368. The number of aliphatic hydroxyl groups is 1. The van der Waals surface area contributed by atoms with Gasteiger partial charge >= 0.3 is 5.97 Å². The summed E-state index contributed by atoms with van der Waals surface area (Å²) in [7, 11) is 1.17. The molecule has 0 amide bonds. The van der Waals surface area contributed by atoms with Crippen molar-refractivity contribution >= 4 is 17.6 Å². The van der Waals surface area contributed by atoms with Gasteiger partial charge in [-0.1, -0.05) is 23.7 Å². The lowest BCUT2D eigenvalue weighted by molar-refractivity contribution is -0.150. The molecule has 1 aromatic rings. The lowest BCUT2D eigenvalue weighted by Gasteiger charge is -2.09. The first-order valence-corrected chi connectivity index (χ1v) is 4.63. The molecular formula is C10H10ClFO3. The normalized spacial score (nSPS) is 12.3. The summed E-state index contributed by atoms with van der Waals surface area (Å²) in [5.74, 6) is -1.35. The summed E-state index contributed by atoms with van der Waals surface area (Å²) in [6.07, 6.45) is -1.39. The van der Waals surface area contributed by atoms with E-state index in [9.17, 15) is 14.3 Å². The molecule has 1 atom stereocenters. The van der Waals surface area contributed by atoms with Crippen LogP contribution in [-0.4, -0.2) is 24.3 Å². The zero-order valence-electron chi connectivity index (χ0n) is 8.04. The van der Waals surface area contributed by atoms with Gasteiger partial charge in [-0.05, 0) is 11.6 Å². The molecule has 0 heterocycles. The third-order valence-electron chi connectivity index (χ3n) is 1.92.